The van der Waals surface area contributed by atoms with Gasteiger partial charge in [0.15, 0.2) is 0 Å². The zero-order chi connectivity index (χ0) is 21.4. The van der Waals surface area contributed by atoms with Crippen molar-refractivity contribution in [3.05, 3.63) is 97.0 Å². The first kappa shape index (κ1) is 20.4. The Bertz CT molecular complexity index is 1210. The van der Waals surface area contributed by atoms with Gasteiger partial charge in [-0.05, 0) is 69.6 Å². The highest BCUT2D eigenvalue weighted by Gasteiger charge is 2.20. The summed E-state index contributed by atoms with van der Waals surface area (Å²) >= 11 is 2.08. The second-order valence-electron chi connectivity index (χ2n) is 7.77. The molecule has 7 heteroatoms. The highest BCUT2D eigenvalue weighted by atomic mass is 127. The third kappa shape index (κ3) is 4.29. The Morgan fingerprint density at radius 3 is 2.74 bits per heavy atom. The van der Waals surface area contributed by atoms with Crippen LogP contribution in [0.1, 0.15) is 22.4 Å². The molecule has 3 aromatic rings. The molecule has 5 rings (SSSR count). The van der Waals surface area contributed by atoms with Crippen molar-refractivity contribution >= 4 is 33.9 Å². The molecule has 5 nitrogen and oxygen atoms in total. The normalized spacial score (nSPS) is 15.7. The molecule has 0 atom stereocenters. The lowest BCUT2D eigenvalue weighted by molar-refractivity contribution is 0.122. The third-order valence-electron chi connectivity index (χ3n) is 5.70. The second-order valence-corrected chi connectivity index (χ2v) is 9.01. The lowest BCUT2D eigenvalue weighted by Gasteiger charge is -2.29. The molecule has 3 heterocycles. The Kier molecular flexibility index (Phi) is 5.62. The Morgan fingerprint density at radius 2 is 1.97 bits per heavy atom. The number of morpholine rings is 1. The summed E-state index contributed by atoms with van der Waals surface area (Å²) in [7, 11) is 0. The minimum atomic E-state index is -0.289. The topological polar surface area (TPSA) is 47.4 Å². The molecular formula is C24H21FIN3O2. The van der Waals surface area contributed by atoms with Gasteiger partial charge in [-0.1, -0.05) is 6.08 Å². The van der Waals surface area contributed by atoms with Gasteiger partial charge in [0.2, 0.25) is 0 Å². The van der Waals surface area contributed by atoms with Crippen molar-refractivity contribution in [1.29, 1.82) is 0 Å². The monoisotopic (exact) mass is 529 g/mol. The molecule has 1 saturated heterocycles. The van der Waals surface area contributed by atoms with Crippen LogP contribution >= 0.6 is 22.6 Å². The number of ether oxygens (including phenoxy) is 1. The molecule has 0 saturated carbocycles. The summed E-state index contributed by atoms with van der Waals surface area (Å²) < 4.78 is 21.6. The van der Waals surface area contributed by atoms with Crippen LogP contribution in [0.2, 0.25) is 0 Å². The minimum Gasteiger partial charge on any atom is -0.378 e. The van der Waals surface area contributed by atoms with E-state index in [1.165, 1.54) is 12.1 Å². The first-order valence-electron chi connectivity index (χ1n) is 10.2. The molecule has 0 spiro atoms. The number of fused-ring (bicyclic) bond motifs is 1. The van der Waals surface area contributed by atoms with Crippen LogP contribution in [-0.2, 0) is 17.7 Å². The summed E-state index contributed by atoms with van der Waals surface area (Å²) in [6.45, 7) is 3.50. The predicted molar refractivity (Wildman–Crippen MR) is 127 cm³/mol. The van der Waals surface area contributed by atoms with E-state index in [4.69, 9.17) is 4.74 Å². The zero-order valence-electron chi connectivity index (χ0n) is 16.9. The van der Waals surface area contributed by atoms with Crippen molar-refractivity contribution in [2.75, 3.05) is 31.2 Å². The maximum Gasteiger partial charge on any atom is 0.251 e. The Morgan fingerprint density at radius 1 is 1.13 bits per heavy atom. The van der Waals surface area contributed by atoms with Gasteiger partial charge in [0, 0.05) is 40.9 Å². The molecule has 31 heavy (non-hydrogen) atoms. The van der Waals surface area contributed by atoms with Gasteiger partial charge >= 0.3 is 0 Å². The van der Waals surface area contributed by atoms with Crippen molar-refractivity contribution in [3.8, 4) is 0 Å². The molecule has 1 aliphatic carbocycles. The summed E-state index contributed by atoms with van der Waals surface area (Å²) in [4.78, 5) is 19.8. The van der Waals surface area contributed by atoms with Crippen molar-refractivity contribution in [1.82, 2.24) is 9.55 Å². The van der Waals surface area contributed by atoms with Crippen molar-refractivity contribution in [2.24, 2.45) is 0 Å². The minimum absolute atomic E-state index is 0.108. The summed E-state index contributed by atoms with van der Waals surface area (Å²) in [6.07, 6.45) is 6.61. The molecule has 0 unspecified atom stereocenters. The van der Waals surface area contributed by atoms with Gasteiger partial charge in [0.25, 0.3) is 5.56 Å². The molecular weight excluding hydrogens is 508 g/mol. The van der Waals surface area contributed by atoms with Gasteiger partial charge in [-0.25, -0.2) is 4.39 Å². The van der Waals surface area contributed by atoms with Gasteiger partial charge in [-0.15, -0.1) is 0 Å². The SMILES string of the molecule is O=c1cc(C2=CCc3ncc(N4CCOCC4)cc32)ccn1Cc1cc(F)cc(I)c1. The lowest BCUT2D eigenvalue weighted by atomic mass is 10.0. The number of rotatable bonds is 4. The van der Waals surface area contributed by atoms with Crippen LogP contribution in [0.3, 0.4) is 0 Å². The maximum absolute atomic E-state index is 13.7. The first-order chi connectivity index (χ1) is 15.1. The van der Waals surface area contributed by atoms with Gasteiger partial charge < -0.3 is 14.2 Å². The van der Waals surface area contributed by atoms with E-state index in [9.17, 15) is 9.18 Å². The largest absolute Gasteiger partial charge is 0.378 e. The zero-order valence-corrected chi connectivity index (χ0v) is 19.0. The van der Waals surface area contributed by atoms with Gasteiger partial charge in [0.05, 0.1) is 37.3 Å². The number of allylic oxidation sites excluding steroid dienone is 1. The molecule has 158 valence electrons. The van der Waals surface area contributed by atoms with Gasteiger partial charge in [0.1, 0.15) is 5.82 Å². The van der Waals surface area contributed by atoms with Crippen LogP contribution in [-0.4, -0.2) is 35.9 Å². The van der Waals surface area contributed by atoms with Crippen LogP contribution in [0, 0.1) is 9.39 Å². The molecule has 2 aromatic heterocycles. The number of anilines is 1. The van der Waals surface area contributed by atoms with Crippen molar-refractivity contribution in [3.63, 3.8) is 0 Å². The molecule has 0 amide bonds. The molecule has 0 N–H and O–H groups in total. The van der Waals surface area contributed by atoms with Gasteiger partial charge in [-0.2, -0.15) is 0 Å². The van der Waals surface area contributed by atoms with E-state index in [2.05, 4.69) is 44.6 Å². The fraction of sp³-hybridized carbons (Fsp3) is 0.250. The summed E-state index contributed by atoms with van der Waals surface area (Å²) in [6, 6.07) is 10.6. The summed E-state index contributed by atoms with van der Waals surface area (Å²) in [5, 5.41) is 0. The highest BCUT2D eigenvalue weighted by molar-refractivity contribution is 14.1. The van der Waals surface area contributed by atoms with Crippen LogP contribution < -0.4 is 10.5 Å². The van der Waals surface area contributed by atoms with Crippen LogP contribution in [0.5, 0.6) is 0 Å². The lowest BCUT2D eigenvalue weighted by Crippen LogP contribution is -2.36. The van der Waals surface area contributed by atoms with Crippen LogP contribution in [0.15, 0.2) is 59.7 Å². The third-order valence-corrected chi connectivity index (χ3v) is 6.33. The number of hydrogen-bond acceptors (Lipinski definition) is 4. The van der Waals surface area contributed by atoms with E-state index < -0.39 is 0 Å². The second kappa shape index (κ2) is 8.55. The van der Waals surface area contributed by atoms with Crippen molar-refractivity contribution < 1.29 is 9.13 Å². The first-order valence-corrected chi connectivity index (χ1v) is 11.3. The molecule has 0 radical (unpaired) electrons. The molecule has 0 bridgehead atoms. The standard InChI is InChI=1S/C24H21FIN3O2/c25-18-9-16(10-19(26)12-18)15-29-4-3-17(11-24(29)30)21-1-2-23-22(21)13-20(14-27-23)28-5-7-31-8-6-28/h1,3-4,9-14H,2,5-8,15H2. The fourth-order valence-electron chi connectivity index (χ4n) is 4.16. The van der Waals surface area contributed by atoms with E-state index in [0.717, 1.165) is 69.9 Å². The maximum atomic E-state index is 13.7. The molecule has 1 aliphatic heterocycles. The fourth-order valence-corrected chi connectivity index (χ4v) is 4.86. The number of aromatic nitrogens is 2. The summed E-state index contributed by atoms with van der Waals surface area (Å²) in [5.74, 6) is -0.289. The van der Waals surface area contributed by atoms with E-state index in [0.29, 0.717) is 6.54 Å². The number of nitrogens with zero attached hydrogens (tertiary/aromatic N) is 3. The van der Waals surface area contributed by atoms with E-state index in [1.807, 2.05) is 18.3 Å². The highest BCUT2D eigenvalue weighted by Crippen LogP contribution is 2.33. The average Bonchev–Trinajstić information content (AvgIpc) is 3.18. The van der Waals surface area contributed by atoms with Crippen LogP contribution in [0.25, 0.3) is 5.57 Å². The van der Waals surface area contributed by atoms with Crippen molar-refractivity contribution in [2.45, 2.75) is 13.0 Å². The van der Waals surface area contributed by atoms with E-state index >= 15 is 0 Å². The molecule has 1 aromatic carbocycles. The number of benzene rings is 1. The quantitative estimate of drug-likeness (QED) is 0.482. The van der Waals surface area contributed by atoms with E-state index in [1.54, 1.807) is 16.8 Å². The summed E-state index contributed by atoms with van der Waals surface area (Å²) in [5.41, 5.74) is 5.79. The molecule has 2 aliphatic rings. The predicted octanol–water partition coefficient (Wildman–Crippen LogP) is 3.86. The number of pyridine rings is 2. The number of hydrogen-bond donors (Lipinski definition) is 0. The van der Waals surface area contributed by atoms with E-state index in [-0.39, 0.29) is 11.4 Å². The van der Waals surface area contributed by atoms with Crippen LogP contribution in [0.4, 0.5) is 10.1 Å². The Balaban J connectivity index is 1.42. The average molecular weight is 529 g/mol. The number of halogens is 2. The van der Waals surface area contributed by atoms with Gasteiger partial charge in [-0.3, -0.25) is 9.78 Å². The molecule has 1 fully saturated rings. The Hall–Kier alpha value is -2.52. The smallest absolute Gasteiger partial charge is 0.251 e. The Labute approximate surface area is 193 Å².